The van der Waals surface area contributed by atoms with Crippen molar-refractivity contribution in [1.29, 1.82) is 0 Å². The van der Waals surface area contributed by atoms with E-state index in [9.17, 15) is 9.18 Å². The second kappa shape index (κ2) is 8.97. The fraction of sp³-hybridized carbons (Fsp3) is 0.280. The molecular weight excluding hydrogens is 421 g/mol. The van der Waals surface area contributed by atoms with E-state index in [4.69, 9.17) is 4.42 Å². The Kier molecular flexibility index (Phi) is 5.73. The molecule has 1 aliphatic heterocycles. The average Bonchev–Trinajstić information content (AvgIpc) is 3.26. The van der Waals surface area contributed by atoms with E-state index in [-0.39, 0.29) is 17.9 Å². The molecule has 0 aliphatic carbocycles. The second-order valence-electron chi connectivity index (χ2n) is 8.32. The SMILES string of the molecule is C[C@@H]1CCCN(C(=O)c2ccc(F)cc2-c2ncccn2)[C@@H]1CNc1nc2ccccc2o1. The Bertz CT molecular complexity index is 1240. The number of rotatable bonds is 5. The van der Waals surface area contributed by atoms with Gasteiger partial charge in [0.05, 0.1) is 11.6 Å². The van der Waals surface area contributed by atoms with Gasteiger partial charge >= 0.3 is 0 Å². The Morgan fingerprint density at radius 1 is 1.18 bits per heavy atom. The summed E-state index contributed by atoms with van der Waals surface area (Å²) < 4.78 is 19.8. The van der Waals surface area contributed by atoms with E-state index in [2.05, 4.69) is 27.2 Å². The van der Waals surface area contributed by atoms with Gasteiger partial charge in [-0.15, -0.1) is 0 Å². The quantitative estimate of drug-likeness (QED) is 0.476. The van der Waals surface area contributed by atoms with Gasteiger partial charge < -0.3 is 14.6 Å². The number of nitrogens with zero attached hydrogens (tertiary/aromatic N) is 4. The van der Waals surface area contributed by atoms with Gasteiger partial charge in [-0.05, 0) is 55.2 Å². The molecule has 0 radical (unpaired) electrons. The molecule has 2 aromatic heterocycles. The molecule has 1 saturated heterocycles. The van der Waals surface area contributed by atoms with Crippen LogP contribution in [0.2, 0.25) is 0 Å². The molecule has 1 N–H and O–H groups in total. The minimum absolute atomic E-state index is 0.0733. The predicted molar refractivity (Wildman–Crippen MR) is 123 cm³/mol. The van der Waals surface area contributed by atoms with Gasteiger partial charge in [0.1, 0.15) is 11.3 Å². The molecule has 8 heteroatoms. The third kappa shape index (κ3) is 4.28. The summed E-state index contributed by atoms with van der Waals surface area (Å²) in [6.07, 6.45) is 5.08. The van der Waals surface area contributed by atoms with E-state index in [0.29, 0.717) is 41.6 Å². The van der Waals surface area contributed by atoms with Crippen LogP contribution < -0.4 is 5.32 Å². The van der Waals surface area contributed by atoms with Gasteiger partial charge in [-0.2, -0.15) is 4.98 Å². The molecule has 168 valence electrons. The lowest BCUT2D eigenvalue weighted by Gasteiger charge is -2.40. The Hall–Kier alpha value is -3.81. The molecule has 33 heavy (non-hydrogen) atoms. The minimum Gasteiger partial charge on any atom is -0.424 e. The highest BCUT2D eigenvalue weighted by molar-refractivity contribution is 6.00. The van der Waals surface area contributed by atoms with Crippen LogP contribution in [0.3, 0.4) is 0 Å². The smallest absolute Gasteiger partial charge is 0.295 e. The summed E-state index contributed by atoms with van der Waals surface area (Å²) in [5.74, 6) is 0.00608. The molecule has 1 fully saturated rings. The largest absolute Gasteiger partial charge is 0.424 e. The summed E-state index contributed by atoms with van der Waals surface area (Å²) in [5.41, 5.74) is 2.28. The first kappa shape index (κ1) is 21.1. The van der Waals surface area contributed by atoms with Crippen molar-refractivity contribution in [1.82, 2.24) is 19.9 Å². The number of aromatic nitrogens is 3. The average molecular weight is 445 g/mol. The maximum atomic E-state index is 14.1. The van der Waals surface area contributed by atoms with E-state index in [0.717, 1.165) is 18.4 Å². The number of carbonyl (C=O) groups excluding carboxylic acids is 1. The molecule has 0 spiro atoms. The summed E-state index contributed by atoms with van der Waals surface area (Å²) in [4.78, 5) is 28.5. The first-order valence-corrected chi connectivity index (χ1v) is 11.1. The molecule has 7 nitrogen and oxygen atoms in total. The number of carbonyl (C=O) groups is 1. The van der Waals surface area contributed by atoms with Crippen LogP contribution in [-0.4, -0.2) is 44.9 Å². The van der Waals surface area contributed by atoms with Crippen LogP contribution in [-0.2, 0) is 0 Å². The van der Waals surface area contributed by atoms with Crippen LogP contribution >= 0.6 is 0 Å². The van der Waals surface area contributed by atoms with Crippen molar-refractivity contribution in [2.24, 2.45) is 5.92 Å². The number of nitrogens with one attached hydrogen (secondary N) is 1. The fourth-order valence-electron chi connectivity index (χ4n) is 4.43. The van der Waals surface area contributed by atoms with Crippen LogP contribution in [0, 0.1) is 11.7 Å². The standard InChI is InChI=1S/C25H24FN5O2/c1-16-6-4-13-31(21(16)15-29-25-30-20-7-2-3-8-22(20)33-25)24(32)18-10-9-17(26)14-19(18)23-27-11-5-12-28-23/h2-3,5,7-12,14,16,21H,4,6,13,15H2,1H3,(H,29,30)/t16-,21-/m1/s1. The van der Waals surface area contributed by atoms with Gasteiger partial charge in [-0.1, -0.05) is 19.1 Å². The molecule has 4 aromatic rings. The van der Waals surface area contributed by atoms with Crippen molar-refractivity contribution in [3.8, 4) is 11.4 Å². The first-order chi connectivity index (χ1) is 16.1. The number of likely N-dealkylation sites (tertiary alicyclic amines) is 1. The molecule has 0 saturated carbocycles. The highest BCUT2D eigenvalue weighted by atomic mass is 19.1. The van der Waals surface area contributed by atoms with Crippen molar-refractivity contribution < 1.29 is 13.6 Å². The number of para-hydroxylation sites is 2. The lowest BCUT2D eigenvalue weighted by Crippen LogP contribution is -2.51. The van der Waals surface area contributed by atoms with E-state index in [1.807, 2.05) is 29.2 Å². The molecule has 2 atom stereocenters. The maximum Gasteiger partial charge on any atom is 0.295 e. The van der Waals surface area contributed by atoms with Gasteiger partial charge in [0.2, 0.25) is 0 Å². The van der Waals surface area contributed by atoms with Gasteiger partial charge in [-0.25, -0.2) is 14.4 Å². The van der Waals surface area contributed by atoms with Gasteiger partial charge in [0.15, 0.2) is 11.4 Å². The monoisotopic (exact) mass is 445 g/mol. The second-order valence-corrected chi connectivity index (χ2v) is 8.32. The van der Waals surface area contributed by atoms with Gasteiger partial charge in [-0.3, -0.25) is 4.79 Å². The number of anilines is 1. The van der Waals surface area contributed by atoms with Crippen LogP contribution in [0.4, 0.5) is 10.4 Å². The molecule has 0 bridgehead atoms. The molecule has 5 rings (SSSR count). The molecular formula is C25H24FN5O2. The Balaban J connectivity index is 1.41. The lowest BCUT2D eigenvalue weighted by atomic mass is 9.89. The Morgan fingerprint density at radius 3 is 2.82 bits per heavy atom. The summed E-state index contributed by atoms with van der Waals surface area (Å²) >= 11 is 0. The molecule has 2 aromatic carbocycles. The number of oxazole rings is 1. The highest BCUT2D eigenvalue weighted by Gasteiger charge is 2.33. The van der Waals surface area contributed by atoms with Crippen molar-refractivity contribution in [3.05, 3.63) is 72.3 Å². The van der Waals surface area contributed by atoms with E-state index in [1.54, 1.807) is 18.5 Å². The van der Waals surface area contributed by atoms with Crippen LogP contribution in [0.5, 0.6) is 0 Å². The Labute approximate surface area is 190 Å². The summed E-state index contributed by atoms with van der Waals surface area (Å²) in [5, 5.41) is 3.27. The zero-order chi connectivity index (χ0) is 22.8. The topological polar surface area (TPSA) is 84.2 Å². The zero-order valence-corrected chi connectivity index (χ0v) is 18.2. The van der Waals surface area contributed by atoms with Crippen LogP contribution in [0.15, 0.2) is 65.3 Å². The number of hydrogen-bond acceptors (Lipinski definition) is 6. The summed E-state index contributed by atoms with van der Waals surface area (Å²) in [7, 11) is 0. The molecule has 0 unspecified atom stereocenters. The Morgan fingerprint density at radius 2 is 2.00 bits per heavy atom. The number of benzene rings is 2. The number of piperidine rings is 1. The van der Waals surface area contributed by atoms with Crippen LogP contribution in [0.1, 0.15) is 30.1 Å². The predicted octanol–water partition coefficient (Wildman–Crippen LogP) is 4.78. The van der Waals surface area contributed by atoms with Crippen molar-refractivity contribution in [2.45, 2.75) is 25.8 Å². The maximum absolute atomic E-state index is 14.1. The third-order valence-corrected chi connectivity index (χ3v) is 6.15. The fourth-order valence-corrected chi connectivity index (χ4v) is 4.43. The van der Waals surface area contributed by atoms with E-state index in [1.165, 1.54) is 18.2 Å². The highest BCUT2D eigenvalue weighted by Crippen LogP contribution is 2.29. The minimum atomic E-state index is -0.435. The third-order valence-electron chi connectivity index (χ3n) is 6.15. The molecule has 1 aliphatic rings. The first-order valence-electron chi connectivity index (χ1n) is 11.1. The number of hydrogen-bond donors (Lipinski definition) is 1. The molecule has 3 heterocycles. The van der Waals surface area contributed by atoms with Crippen molar-refractivity contribution in [3.63, 3.8) is 0 Å². The molecule has 1 amide bonds. The normalized spacial score (nSPS) is 18.4. The number of fused-ring (bicyclic) bond motifs is 1. The van der Waals surface area contributed by atoms with E-state index < -0.39 is 5.82 Å². The van der Waals surface area contributed by atoms with Crippen molar-refractivity contribution >= 4 is 23.0 Å². The summed E-state index contributed by atoms with van der Waals surface area (Å²) in [6, 6.07) is 13.8. The number of halogens is 1. The van der Waals surface area contributed by atoms with Gasteiger partial charge in [0.25, 0.3) is 11.9 Å². The van der Waals surface area contributed by atoms with E-state index >= 15 is 0 Å². The zero-order valence-electron chi connectivity index (χ0n) is 18.2. The lowest BCUT2D eigenvalue weighted by molar-refractivity contribution is 0.0540. The summed E-state index contributed by atoms with van der Waals surface area (Å²) in [6.45, 7) is 3.26. The number of amides is 1. The van der Waals surface area contributed by atoms with Gasteiger partial charge in [0, 0.05) is 31.0 Å². The van der Waals surface area contributed by atoms with Crippen LogP contribution in [0.25, 0.3) is 22.5 Å². The van der Waals surface area contributed by atoms with Crippen molar-refractivity contribution in [2.75, 3.05) is 18.4 Å².